The van der Waals surface area contributed by atoms with E-state index in [1.807, 2.05) is 24.3 Å². The maximum Gasteiger partial charge on any atom is 0.194 e. The first kappa shape index (κ1) is 25.1. The summed E-state index contributed by atoms with van der Waals surface area (Å²) in [5, 5.41) is 1.50. The van der Waals surface area contributed by atoms with Gasteiger partial charge in [0.05, 0.1) is 20.4 Å². The van der Waals surface area contributed by atoms with Crippen LogP contribution in [0.1, 0.15) is 63.7 Å². The van der Waals surface area contributed by atoms with E-state index in [1.54, 1.807) is 72.8 Å². The minimum atomic E-state index is -0.159. The Kier molecular flexibility index (Phi) is 5.15. The maximum absolute atomic E-state index is 13.2. The number of fused-ring (bicyclic) bond motifs is 6. The number of ketones is 4. The molecule has 0 unspecified atom stereocenters. The summed E-state index contributed by atoms with van der Waals surface area (Å²) in [6, 6.07) is 28.5. The van der Waals surface area contributed by atoms with Crippen LogP contribution in [0.2, 0.25) is 0 Å². The topological polar surface area (TPSA) is 94.1 Å². The molecular formula is C36H16N2O4S2. The lowest BCUT2D eigenvalue weighted by Gasteiger charge is -2.17. The number of hydrogen-bond donors (Lipinski definition) is 0. The summed E-state index contributed by atoms with van der Waals surface area (Å²) in [4.78, 5) is 62.3. The van der Waals surface area contributed by atoms with Crippen molar-refractivity contribution in [1.29, 1.82) is 0 Å². The highest BCUT2D eigenvalue weighted by Gasteiger charge is 2.31. The fourth-order valence-corrected chi connectivity index (χ4v) is 8.01. The Balaban J connectivity index is 1.08. The molecule has 0 bridgehead atoms. The van der Waals surface area contributed by atoms with E-state index >= 15 is 0 Å². The van der Waals surface area contributed by atoms with Crippen molar-refractivity contribution in [2.45, 2.75) is 0 Å². The van der Waals surface area contributed by atoms with E-state index in [0.29, 0.717) is 44.5 Å². The van der Waals surface area contributed by atoms with Crippen LogP contribution in [0.5, 0.6) is 0 Å². The molecule has 5 aromatic carbocycles. The first-order valence-electron chi connectivity index (χ1n) is 13.8. The van der Waals surface area contributed by atoms with Crippen LogP contribution in [0.4, 0.5) is 0 Å². The van der Waals surface area contributed by atoms with Gasteiger partial charge < -0.3 is 0 Å². The van der Waals surface area contributed by atoms with E-state index in [2.05, 4.69) is 0 Å². The molecule has 0 aliphatic heterocycles. The second kappa shape index (κ2) is 9.03. The molecule has 7 aromatic rings. The fourth-order valence-electron chi connectivity index (χ4n) is 6.06. The van der Waals surface area contributed by atoms with Gasteiger partial charge >= 0.3 is 0 Å². The molecule has 0 saturated carbocycles. The van der Waals surface area contributed by atoms with Gasteiger partial charge in [0.25, 0.3) is 0 Å². The number of carbonyl (C=O) groups is 4. The number of hydrogen-bond acceptors (Lipinski definition) is 8. The summed E-state index contributed by atoms with van der Waals surface area (Å²) in [5.74, 6) is -0.610. The number of aromatic nitrogens is 2. The zero-order chi connectivity index (χ0) is 29.7. The second-order valence-corrected chi connectivity index (χ2v) is 12.8. The molecule has 0 amide bonds. The van der Waals surface area contributed by atoms with Crippen molar-refractivity contribution < 1.29 is 19.2 Å². The van der Waals surface area contributed by atoms with Gasteiger partial charge in [-0.15, -0.1) is 22.7 Å². The number of benzene rings is 5. The number of rotatable bonds is 2. The van der Waals surface area contributed by atoms with Gasteiger partial charge in [0, 0.05) is 55.6 Å². The molecule has 206 valence electrons. The van der Waals surface area contributed by atoms with Gasteiger partial charge in [-0.05, 0) is 36.4 Å². The largest absolute Gasteiger partial charge is 0.289 e. The van der Waals surface area contributed by atoms with E-state index in [4.69, 9.17) is 9.97 Å². The molecule has 0 saturated heterocycles. The van der Waals surface area contributed by atoms with Gasteiger partial charge in [-0.25, -0.2) is 9.97 Å². The number of thiazole rings is 2. The smallest absolute Gasteiger partial charge is 0.194 e. The minimum Gasteiger partial charge on any atom is -0.289 e. The first-order chi connectivity index (χ1) is 21.4. The first-order valence-corrected chi connectivity index (χ1v) is 15.4. The van der Waals surface area contributed by atoms with Crippen molar-refractivity contribution in [3.63, 3.8) is 0 Å². The molecule has 0 N–H and O–H groups in total. The highest BCUT2D eigenvalue weighted by molar-refractivity contribution is 7.23. The Morgan fingerprint density at radius 2 is 0.727 bits per heavy atom. The predicted octanol–water partition coefficient (Wildman–Crippen LogP) is 7.79. The predicted molar refractivity (Wildman–Crippen MR) is 170 cm³/mol. The summed E-state index contributed by atoms with van der Waals surface area (Å²) >= 11 is 2.99. The summed E-state index contributed by atoms with van der Waals surface area (Å²) < 4.78 is 1.88. The Hall–Kier alpha value is -5.44. The zero-order valence-electron chi connectivity index (χ0n) is 22.6. The quantitative estimate of drug-likeness (QED) is 0.200. The van der Waals surface area contributed by atoms with Gasteiger partial charge in [-0.2, -0.15) is 0 Å². The number of carbonyl (C=O) groups excluding carboxylic acids is 4. The molecule has 2 aromatic heterocycles. The van der Waals surface area contributed by atoms with Crippen molar-refractivity contribution in [3.05, 3.63) is 142 Å². The monoisotopic (exact) mass is 604 g/mol. The molecule has 0 fully saturated rings. The van der Waals surface area contributed by atoms with E-state index in [0.717, 1.165) is 41.6 Å². The Labute approximate surface area is 257 Å². The van der Waals surface area contributed by atoms with Crippen molar-refractivity contribution in [2.75, 3.05) is 0 Å². The molecule has 0 spiro atoms. The Morgan fingerprint density at radius 1 is 0.386 bits per heavy atom. The highest BCUT2D eigenvalue weighted by Crippen LogP contribution is 2.39. The minimum absolute atomic E-state index is 0.145. The molecule has 0 atom stereocenters. The molecule has 6 nitrogen and oxygen atoms in total. The molecule has 2 heterocycles. The second-order valence-electron chi connectivity index (χ2n) is 10.8. The molecule has 44 heavy (non-hydrogen) atoms. The molecular weight excluding hydrogens is 589 g/mol. The van der Waals surface area contributed by atoms with Crippen LogP contribution in [0, 0.1) is 0 Å². The third-order valence-electron chi connectivity index (χ3n) is 8.24. The molecule has 0 radical (unpaired) electrons. The normalized spacial score (nSPS) is 13.6. The molecule has 2 aliphatic rings. The standard InChI is InChI=1S/C36H16N2O4S2/c39-31-19-5-1-3-7-21(19)33(41)25-13-17(9-11-23(25)31)35-37-27-15-30-28(16-29(27)43-35)38-36(44-30)18-10-12-24-26(14-18)34(42)22-8-4-2-6-20(22)32(24)40/h1-16H. The van der Waals surface area contributed by atoms with Crippen LogP contribution in [-0.2, 0) is 0 Å². The van der Waals surface area contributed by atoms with Crippen LogP contribution in [0.3, 0.4) is 0 Å². The van der Waals surface area contributed by atoms with Crippen molar-refractivity contribution in [1.82, 2.24) is 9.97 Å². The van der Waals surface area contributed by atoms with E-state index in [-0.39, 0.29) is 23.1 Å². The van der Waals surface area contributed by atoms with E-state index in [1.165, 1.54) is 22.7 Å². The van der Waals surface area contributed by atoms with Crippen molar-refractivity contribution in [2.24, 2.45) is 0 Å². The van der Waals surface area contributed by atoms with Crippen LogP contribution < -0.4 is 0 Å². The lowest BCUT2D eigenvalue weighted by atomic mass is 9.83. The van der Waals surface area contributed by atoms with E-state index in [9.17, 15) is 19.2 Å². The lowest BCUT2D eigenvalue weighted by molar-refractivity contribution is 0.0979. The van der Waals surface area contributed by atoms with Gasteiger partial charge in [-0.3, -0.25) is 19.2 Å². The fraction of sp³-hybridized carbons (Fsp3) is 0. The number of nitrogens with zero attached hydrogens (tertiary/aromatic N) is 2. The van der Waals surface area contributed by atoms with Gasteiger partial charge in [0.15, 0.2) is 23.1 Å². The third-order valence-corrected chi connectivity index (χ3v) is 10.4. The molecule has 8 heteroatoms. The average molecular weight is 605 g/mol. The van der Waals surface area contributed by atoms with Crippen LogP contribution in [0.15, 0.2) is 97.1 Å². The summed E-state index contributed by atoms with van der Waals surface area (Å²) in [6.45, 7) is 0. The van der Waals surface area contributed by atoms with Crippen LogP contribution in [-0.4, -0.2) is 33.1 Å². The third kappa shape index (κ3) is 3.52. The van der Waals surface area contributed by atoms with E-state index < -0.39 is 0 Å². The van der Waals surface area contributed by atoms with Crippen molar-refractivity contribution >= 4 is 66.2 Å². The van der Waals surface area contributed by atoms with Crippen LogP contribution >= 0.6 is 22.7 Å². The summed E-state index contributed by atoms with van der Waals surface area (Å²) in [5.41, 5.74) is 6.49. The van der Waals surface area contributed by atoms with Gasteiger partial charge in [0.2, 0.25) is 0 Å². The van der Waals surface area contributed by atoms with Gasteiger partial charge in [-0.1, -0.05) is 60.7 Å². The Morgan fingerprint density at radius 3 is 1.11 bits per heavy atom. The van der Waals surface area contributed by atoms with Crippen LogP contribution in [0.25, 0.3) is 41.6 Å². The lowest BCUT2D eigenvalue weighted by Crippen LogP contribution is -2.20. The highest BCUT2D eigenvalue weighted by atomic mass is 32.1. The average Bonchev–Trinajstić information content (AvgIpc) is 3.68. The maximum atomic E-state index is 13.2. The molecule has 9 rings (SSSR count). The van der Waals surface area contributed by atoms with Crippen molar-refractivity contribution in [3.8, 4) is 21.1 Å². The van der Waals surface area contributed by atoms with Gasteiger partial charge in [0.1, 0.15) is 10.0 Å². The summed E-state index contributed by atoms with van der Waals surface area (Å²) in [7, 11) is 0. The zero-order valence-corrected chi connectivity index (χ0v) is 24.2. The Bertz CT molecular complexity index is 2270. The SMILES string of the molecule is O=C1c2ccccc2C(=O)c2cc(-c3nc4cc5sc(-c6ccc7c(c6)C(=O)c6ccccc6C7=O)nc5cc4s3)ccc21. The summed E-state index contributed by atoms with van der Waals surface area (Å²) in [6.07, 6.45) is 0. The molecule has 2 aliphatic carbocycles.